The van der Waals surface area contributed by atoms with Crippen molar-refractivity contribution in [3.63, 3.8) is 0 Å². The topological polar surface area (TPSA) is 75.7 Å². The van der Waals surface area contributed by atoms with E-state index in [1.54, 1.807) is 12.1 Å². The number of amides is 3. The van der Waals surface area contributed by atoms with Gasteiger partial charge in [0.15, 0.2) is 5.75 Å². The van der Waals surface area contributed by atoms with Crippen LogP contribution >= 0.6 is 39.3 Å². The summed E-state index contributed by atoms with van der Waals surface area (Å²) < 4.78 is 19.0. The highest BCUT2D eigenvalue weighted by Gasteiger charge is 2.36. The number of rotatable bonds is 5. The van der Waals surface area contributed by atoms with Crippen molar-refractivity contribution in [3.05, 3.63) is 62.2 Å². The molecule has 3 amide bonds. The van der Waals surface area contributed by atoms with Gasteiger partial charge in [-0.15, -0.1) is 0 Å². The van der Waals surface area contributed by atoms with Crippen LogP contribution in [0.3, 0.4) is 0 Å². The molecule has 3 rings (SSSR count). The molecule has 29 heavy (non-hydrogen) atoms. The number of halogens is 3. The fourth-order valence-corrected chi connectivity index (χ4v) is 4.45. The van der Waals surface area contributed by atoms with Crippen LogP contribution in [0.1, 0.15) is 5.56 Å². The normalized spacial score (nSPS) is 15.2. The van der Waals surface area contributed by atoms with Crippen molar-refractivity contribution in [3.8, 4) is 5.75 Å². The van der Waals surface area contributed by atoms with Crippen molar-refractivity contribution in [2.45, 2.75) is 0 Å². The van der Waals surface area contributed by atoms with Gasteiger partial charge in [-0.1, -0.05) is 17.7 Å². The molecule has 0 atom stereocenters. The SMILES string of the molecule is COc1c(Cl)cc(/C=C2/SC(=O)N(CC(=O)Nc3cccc(F)c3)C2=O)cc1Br. The first kappa shape index (κ1) is 21.4. The van der Waals surface area contributed by atoms with E-state index in [1.165, 1.54) is 31.4 Å². The van der Waals surface area contributed by atoms with E-state index in [9.17, 15) is 18.8 Å². The maximum atomic E-state index is 13.2. The lowest BCUT2D eigenvalue weighted by atomic mass is 10.2. The summed E-state index contributed by atoms with van der Waals surface area (Å²) >= 11 is 10.2. The Morgan fingerprint density at radius 2 is 2.10 bits per heavy atom. The first-order valence-corrected chi connectivity index (χ1v) is 10.1. The number of hydrogen-bond donors (Lipinski definition) is 1. The second kappa shape index (κ2) is 8.98. The van der Waals surface area contributed by atoms with Gasteiger partial charge in [0.25, 0.3) is 11.1 Å². The standard InChI is InChI=1S/C19H13BrClFN2O4S/c1-28-17-13(20)5-10(6-14(17)21)7-15-18(26)24(19(27)29-15)9-16(25)23-12-4-2-3-11(22)8-12/h2-8H,9H2,1H3,(H,23,25)/b15-7+. The summed E-state index contributed by atoms with van der Waals surface area (Å²) in [7, 11) is 1.48. The van der Waals surface area contributed by atoms with Gasteiger partial charge in [0, 0.05) is 5.69 Å². The van der Waals surface area contributed by atoms with E-state index in [0.29, 0.717) is 20.8 Å². The van der Waals surface area contributed by atoms with Gasteiger partial charge in [-0.3, -0.25) is 19.3 Å². The second-order valence-electron chi connectivity index (χ2n) is 5.84. The third kappa shape index (κ3) is 4.98. The van der Waals surface area contributed by atoms with Crippen molar-refractivity contribution in [1.29, 1.82) is 0 Å². The molecule has 1 fully saturated rings. The van der Waals surface area contributed by atoms with Crippen LogP contribution in [0.4, 0.5) is 14.9 Å². The monoisotopic (exact) mass is 498 g/mol. The maximum absolute atomic E-state index is 13.2. The molecule has 1 aliphatic heterocycles. The lowest BCUT2D eigenvalue weighted by Crippen LogP contribution is -2.36. The van der Waals surface area contributed by atoms with Crippen LogP contribution in [0.15, 0.2) is 45.8 Å². The number of benzene rings is 2. The van der Waals surface area contributed by atoms with Gasteiger partial charge in [-0.2, -0.15) is 0 Å². The Morgan fingerprint density at radius 1 is 1.34 bits per heavy atom. The predicted octanol–water partition coefficient (Wildman–Crippen LogP) is 4.93. The van der Waals surface area contributed by atoms with Crippen molar-refractivity contribution in [2.75, 3.05) is 19.0 Å². The molecule has 0 aromatic heterocycles. The molecule has 0 aliphatic carbocycles. The minimum Gasteiger partial charge on any atom is -0.494 e. The van der Waals surface area contributed by atoms with Gasteiger partial charge in [0.2, 0.25) is 5.91 Å². The number of carbonyl (C=O) groups is 3. The third-order valence-electron chi connectivity index (χ3n) is 3.81. The number of nitrogens with zero attached hydrogens (tertiary/aromatic N) is 1. The van der Waals surface area contributed by atoms with Crippen LogP contribution in [0, 0.1) is 5.82 Å². The van der Waals surface area contributed by atoms with E-state index in [2.05, 4.69) is 21.2 Å². The fourth-order valence-electron chi connectivity index (χ4n) is 2.56. The van der Waals surface area contributed by atoms with Crippen molar-refractivity contribution < 1.29 is 23.5 Å². The molecule has 0 saturated carbocycles. The molecule has 150 valence electrons. The largest absolute Gasteiger partial charge is 0.494 e. The van der Waals surface area contributed by atoms with Crippen LogP contribution in [-0.4, -0.2) is 35.6 Å². The summed E-state index contributed by atoms with van der Waals surface area (Å²) in [6.07, 6.45) is 1.51. The zero-order valence-electron chi connectivity index (χ0n) is 14.9. The number of ether oxygens (including phenoxy) is 1. The number of methoxy groups -OCH3 is 1. The summed E-state index contributed by atoms with van der Waals surface area (Å²) in [6.45, 7) is -0.481. The molecule has 2 aromatic rings. The molecule has 0 bridgehead atoms. The number of anilines is 1. The molecule has 0 spiro atoms. The van der Waals surface area contributed by atoms with Crippen molar-refractivity contribution >= 4 is 68.1 Å². The van der Waals surface area contributed by atoms with Crippen LogP contribution in [0.5, 0.6) is 5.75 Å². The minimum absolute atomic E-state index is 0.154. The Kier molecular flexibility index (Phi) is 6.61. The summed E-state index contributed by atoms with van der Waals surface area (Å²) in [4.78, 5) is 37.9. The average Bonchev–Trinajstić information content (AvgIpc) is 2.89. The van der Waals surface area contributed by atoms with Gasteiger partial charge in [0.1, 0.15) is 12.4 Å². The number of nitrogens with one attached hydrogen (secondary N) is 1. The molecule has 1 aliphatic rings. The van der Waals surface area contributed by atoms with Gasteiger partial charge in [-0.25, -0.2) is 4.39 Å². The third-order valence-corrected chi connectivity index (χ3v) is 5.58. The summed E-state index contributed by atoms with van der Waals surface area (Å²) in [5.74, 6) is -1.28. The Bertz CT molecular complexity index is 1020. The molecular weight excluding hydrogens is 487 g/mol. The Labute approximate surface area is 183 Å². The first-order valence-electron chi connectivity index (χ1n) is 8.12. The van der Waals surface area contributed by atoms with E-state index >= 15 is 0 Å². The Hall–Kier alpha value is -2.36. The molecule has 0 unspecified atom stereocenters. The molecule has 10 heteroatoms. The van der Waals surface area contributed by atoms with Crippen LogP contribution in [-0.2, 0) is 9.59 Å². The highest BCUT2D eigenvalue weighted by Crippen LogP contribution is 2.37. The molecule has 2 aromatic carbocycles. The van der Waals surface area contributed by atoms with Gasteiger partial charge in [0.05, 0.1) is 21.5 Å². The fraction of sp³-hybridized carbons (Fsp3) is 0.105. The van der Waals surface area contributed by atoms with Gasteiger partial charge in [-0.05, 0) is 69.7 Å². The van der Waals surface area contributed by atoms with E-state index in [4.69, 9.17) is 16.3 Å². The summed E-state index contributed by atoms with van der Waals surface area (Å²) in [5.41, 5.74) is 0.813. The van der Waals surface area contributed by atoms with E-state index in [1.807, 2.05) is 0 Å². The smallest absolute Gasteiger partial charge is 0.294 e. The number of carbonyl (C=O) groups excluding carboxylic acids is 3. The quantitative estimate of drug-likeness (QED) is 0.591. The Balaban J connectivity index is 1.74. The molecular formula is C19H13BrClFN2O4S. The molecule has 6 nitrogen and oxygen atoms in total. The minimum atomic E-state index is -0.616. The molecule has 1 saturated heterocycles. The van der Waals surface area contributed by atoms with Crippen molar-refractivity contribution in [2.24, 2.45) is 0 Å². The van der Waals surface area contributed by atoms with Crippen LogP contribution < -0.4 is 10.1 Å². The lowest BCUT2D eigenvalue weighted by Gasteiger charge is -2.12. The van der Waals surface area contributed by atoms with Crippen LogP contribution in [0.2, 0.25) is 5.02 Å². The average molecular weight is 500 g/mol. The zero-order chi connectivity index (χ0) is 21.1. The van der Waals surface area contributed by atoms with E-state index < -0.39 is 29.4 Å². The highest BCUT2D eigenvalue weighted by molar-refractivity contribution is 9.10. The van der Waals surface area contributed by atoms with Crippen molar-refractivity contribution in [1.82, 2.24) is 4.90 Å². The van der Waals surface area contributed by atoms with Gasteiger partial charge >= 0.3 is 0 Å². The molecule has 1 N–H and O–H groups in total. The predicted molar refractivity (Wildman–Crippen MR) is 113 cm³/mol. The van der Waals surface area contributed by atoms with Crippen LogP contribution in [0.25, 0.3) is 6.08 Å². The van der Waals surface area contributed by atoms with E-state index in [-0.39, 0.29) is 10.6 Å². The zero-order valence-corrected chi connectivity index (χ0v) is 18.0. The maximum Gasteiger partial charge on any atom is 0.294 e. The lowest BCUT2D eigenvalue weighted by molar-refractivity contribution is -0.127. The molecule has 0 radical (unpaired) electrons. The Morgan fingerprint density at radius 3 is 2.76 bits per heavy atom. The summed E-state index contributed by atoms with van der Waals surface area (Å²) in [5, 5.41) is 2.21. The second-order valence-corrected chi connectivity index (χ2v) is 8.10. The van der Waals surface area contributed by atoms with Gasteiger partial charge < -0.3 is 10.1 Å². The highest BCUT2D eigenvalue weighted by atomic mass is 79.9. The van der Waals surface area contributed by atoms with E-state index in [0.717, 1.165) is 22.7 Å². The number of thioether (sulfide) groups is 1. The summed E-state index contributed by atoms with van der Waals surface area (Å²) in [6, 6.07) is 8.59. The number of imide groups is 1. The number of hydrogen-bond acceptors (Lipinski definition) is 5. The molecule has 1 heterocycles. The first-order chi connectivity index (χ1) is 13.8.